The SMILES string of the molecule is CC(C)CCN(CCC(=O)O)C(=O)/C=C/c1ccco1. The highest BCUT2D eigenvalue weighted by Gasteiger charge is 2.13. The molecule has 5 nitrogen and oxygen atoms in total. The third-order valence-corrected chi connectivity index (χ3v) is 2.82. The first-order valence-corrected chi connectivity index (χ1v) is 6.71. The lowest BCUT2D eigenvalue weighted by atomic mass is 10.1. The molecule has 1 aromatic heterocycles. The summed E-state index contributed by atoms with van der Waals surface area (Å²) in [6.45, 7) is 4.92. The molecule has 1 amide bonds. The molecule has 0 spiro atoms. The van der Waals surface area contributed by atoms with E-state index in [1.807, 2.05) is 0 Å². The zero-order valence-electron chi connectivity index (χ0n) is 11.9. The summed E-state index contributed by atoms with van der Waals surface area (Å²) < 4.78 is 5.11. The molecule has 110 valence electrons. The van der Waals surface area contributed by atoms with E-state index in [4.69, 9.17) is 9.52 Å². The summed E-state index contributed by atoms with van der Waals surface area (Å²) >= 11 is 0. The quantitative estimate of drug-likeness (QED) is 0.743. The Kier molecular flexibility index (Phi) is 6.56. The van der Waals surface area contributed by atoms with E-state index in [9.17, 15) is 9.59 Å². The fourth-order valence-corrected chi connectivity index (χ4v) is 1.62. The minimum absolute atomic E-state index is 0.0432. The van der Waals surface area contributed by atoms with Gasteiger partial charge < -0.3 is 14.4 Å². The molecule has 20 heavy (non-hydrogen) atoms. The van der Waals surface area contributed by atoms with Gasteiger partial charge in [0.2, 0.25) is 5.91 Å². The van der Waals surface area contributed by atoms with Gasteiger partial charge in [-0.25, -0.2) is 0 Å². The van der Waals surface area contributed by atoms with Gasteiger partial charge in [0.25, 0.3) is 0 Å². The van der Waals surface area contributed by atoms with Gasteiger partial charge in [-0.1, -0.05) is 13.8 Å². The molecule has 1 heterocycles. The molecule has 1 N–H and O–H groups in total. The van der Waals surface area contributed by atoms with Crippen molar-refractivity contribution in [3.05, 3.63) is 30.2 Å². The van der Waals surface area contributed by atoms with E-state index in [2.05, 4.69) is 13.8 Å². The Hall–Kier alpha value is -2.04. The van der Waals surface area contributed by atoms with Crippen LogP contribution in [0.2, 0.25) is 0 Å². The molecule has 0 aliphatic carbocycles. The van der Waals surface area contributed by atoms with Crippen molar-refractivity contribution in [1.82, 2.24) is 4.90 Å². The Labute approximate surface area is 118 Å². The van der Waals surface area contributed by atoms with Crippen LogP contribution in [0.15, 0.2) is 28.9 Å². The maximum atomic E-state index is 12.1. The van der Waals surface area contributed by atoms with Crippen molar-refractivity contribution in [1.29, 1.82) is 0 Å². The minimum Gasteiger partial charge on any atom is -0.481 e. The fraction of sp³-hybridized carbons (Fsp3) is 0.467. The van der Waals surface area contributed by atoms with Crippen LogP contribution in [0.3, 0.4) is 0 Å². The van der Waals surface area contributed by atoms with Crippen LogP contribution in [-0.2, 0) is 9.59 Å². The van der Waals surface area contributed by atoms with E-state index >= 15 is 0 Å². The molecule has 0 saturated heterocycles. The van der Waals surface area contributed by atoms with E-state index in [1.165, 1.54) is 12.3 Å². The second-order valence-electron chi connectivity index (χ2n) is 5.00. The van der Waals surface area contributed by atoms with Crippen molar-refractivity contribution in [2.24, 2.45) is 5.92 Å². The highest BCUT2D eigenvalue weighted by atomic mass is 16.4. The highest BCUT2D eigenvalue weighted by molar-refractivity contribution is 5.91. The predicted molar refractivity (Wildman–Crippen MR) is 76.0 cm³/mol. The number of amides is 1. The van der Waals surface area contributed by atoms with Gasteiger partial charge in [0.15, 0.2) is 0 Å². The molecule has 0 aliphatic heterocycles. The molecule has 5 heteroatoms. The molecule has 0 atom stereocenters. The molecule has 1 rings (SSSR count). The molecule has 0 saturated carbocycles. The number of nitrogens with zero attached hydrogens (tertiary/aromatic N) is 1. The van der Waals surface area contributed by atoms with Crippen LogP contribution in [0.25, 0.3) is 6.08 Å². The maximum absolute atomic E-state index is 12.1. The van der Waals surface area contributed by atoms with Crippen LogP contribution in [0.1, 0.15) is 32.4 Å². The van der Waals surface area contributed by atoms with Crippen molar-refractivity contribution in [3.8, 4) is 0 Å². The lowest BCUT2D eigenvalue weighted by Gasteiger charge is -2.21. The second kappa shape index (κ2) is 8.19. The summed E-state index contributed by atoms with van der Waals surface area (Å²) in [6, 6.07) is 3.49. The van der Waals surface area contributed by atoms with Gasteiger partial charge in [-0.15, -0.1) is 0 Å². The monoisotopic (exact) mass is 279 g/mol. The number of carboxylic acid groups (broad SMARTS) is 1. The van der Waals surface area contributed by atoms with Gasteiger partial charge in [-0.3, -0.25) is 9.59 Å². The zero-order chi connectivity index (χ0) is 15.0. The van der Waals surface area contributed by atoms with E-state index in [0.29, 0.717) is 18.2 Å². The lowest BCUT2D eigenvalue weighted by molar-refractivity contribution is -0.138. The molecule has 0 unspecified atom stereocenters. The van der Waals surface area contributed by atoms with Crippen molar-refractivity contribution in [2.75, 3.05) is 13.1 Å². The Morgan fingerprint density at radius 1 is 1.40 bits per heavy atom. The summed E-state index contributed by atoms with van der Waals surface area (Å²) in [7, 11) is 0. The fourth-order valence-electron chi connectivity index (χ4n) is 1.62. The van der Waals surface area contributed by atoms with Crippen LogP contribution in [0.4, 0.5) is 0 Å². The van der Waals surface area contributed by atoms with Crippen molar-refractivity contribution < 1.29 is 19.1 Å². The van der Waals surface area contributed by atoms with Gasteiger partial charge in [0.1, 0.15) is 5.76 Å². The molecule has 0 radical (unpaired) electrons. The smallest absolute Gasteiger partial charge is 0.305 e. The third kappa shape index (κ3) is 6.22. The molecule has 0 bridgehead atoms. The number of aliphatic carboxylic acids is 1. The Morgan fingerprint density at radius 2 is 2.15 bits per heavy atom. The molecular weight excluding hydrogens is 258 g/mol. The van der Waals surface area contributed by atoms with E-state index < -0.39 is 5.97 Å². The Balaban J connectivity index is 2.59. The van der Waals surface area contributed by atoms with Crippen molar-refractivity contribution >= 4 is 18.0 Å². The van der Waals surface area contributed by atoms with E-state index in [1.54, 1.807) is 23.1 Å². The molecule has 1 aromatic rings. The molecule has 0 aromatic carbocycles. The molecule has 0 fully saturated rings. The summed E-state index contributed by atoms with van der Waals surface area (Å²) in [5.41, 5.74) is 0. The number of carbonyl (C=O) groups is 2. The minimum atomic E-state index is -0.901. The first kappa shape index (κ1) is 16.0. The summed E-state index contributed by atoms with van der Waals surface area (Å²) in [5.74, 6) is -0.0322. The van der Waals surface area contributed by atoms with Gasteiger partial charge >= 0.3 is 5.97 Å². The second-order valence-corrected chi connectivity index (χ2v) is 5.00. The average molecular weight is 279 g/mol. The Morgan fingerprint density at radius 3 is 2.70 bits per heavy atom. The number of hydrogen-bond donors (Lipinski definition) is 1. The highest BCUT2D eigenvalue weighted by Crippen LogP contribution is 2.06. The van der Waals surface area contributed by atoms with Crippen LogP contribution in [0.5, 0.6) is 0 Å². The number of rotatable bonds is 8. The summed E-state index contributed by atoms with van der Waals surface area (Å²) in [4.78, 5) is 24.3. The number of carbonyl (C=O) groups excluding carboxylic acids is 1. The van der Waals surface area contributed by atoms with Gasteiger partial charge in [0.05, 0.1) is 12.7 Å². The van der Waals surface area contributed by atoms with Gasteiger partial charge in [0, 0.05) is 19.2 Å². The largest absolute Gasteiger partial charge is 0.481 e. The average Bonchev–Trinajstić information content (AvgIpc) is 2.88. The van der Waals surface area contributed by atoms with Crippen LogP contribution >= 0.6 is 0 Å². The van der Waals surface area contributed by atoms with Crippen LogP contribution < -0.4 is 0 Å². The number of furan rings is 1. The topological polar surface area (TPSA) is 70.8 Å². The van der Waals surface area contributed by atoms with E-state index in [-0.39, 0.29) is 18.9 Å². The first-order valence-electron chi connectivity index (χ1n) is 6.71. The standard InChI is InChI=1S/C15H21NO4/c1-12(2)7-9-16(10-8-15(18)19)14(17)6-5-13-4-3-11-20-13/h3-6,11-12H,7-10H2,1-2H3,(H,18,19)/b6-5+. The first-order chi connectivity index (χ1) is 9.49. The number of hydrogen-bond acceptors (Lipinski definition) is 3. The summed E-state index contributed by atoms with van der Waals surface area (Å²) in [6.07, 6.45) is 5.34. The summed E-state index contributed by atoms with van der Waals surface area (Å²) in [5, 5.41) is 8.73. The third-order valence-electron chi connectivity index (χ3n) is 2.82. The molecule has 0 aliphatic rings. The molecular formula is C15H21NO4. The Bertz CT molecular complexity index is 448. The van der Waals surface area contributed by atoms with Gasteiger partial charge in [-0.05, 0) is 30.5 Å². The van der Waals surface area contributed by atoms with Gasteiger partial charge in [-0.2, -0.15) is 0 Å². The van der Waals surface area contributed by atoms with Crippen LogP contribution in [0, 0.1) is 5.92 Å². The zero-order valence-corrected chi connectivity index (χ0v) is 11.9. The van der Waals surface area contributed by atoms with Crippen molar-refractivity contribution in [2.45, 2.75) is 26.7 Å². The normalized spacial score (nSPS) is 11.2. The van der Waals surface area contributed by atoms with Crippen molar-refractivity contribution in [3.63, 3.8) is 0 Å². The maximum Gasteiger partial charge on any atom is 0.305 e. The van der Waals surface area contributed by atoms with E-state index in [0.717, 1.165) is 6.42 Å². The van der Waals surface area contributed by atoms with Crippen LogP contribution in [-0.4, -0.2) is 35.0 Å². The number of carboxylic acids is 1. The lowest BCUT2D eigenvalue weighted by Crippen LogP contribution is -2.33. The predicted octanol–water partition coefficient (Wildman–Crippen LogP) is 2.64.